The lowest BCUT2D eigenvalue weighted by atomic mass is 9.95. The molecule has 1 fully saturated rings. The Balaban J connectivity index is 2.13. The monoisotopic (exact) mass is 303 g/mol. The van der Waals surface area contributed by atoms with E-state index in [0.29, 0.717) is 10.8 Å². The van der Waals surface area contributed by atoms with Gasteiger partial charge in [0.2, 0.25) is 10.0 Å². The van der Waals surface area contributed by atoms with Gasteiger partial charge in [0.15, 0.2) is 0 Å². The molecule has 0 spiro atoms. The molecule has 0 aliphatic carbocycles. The van der Waals surface area contributed by atoms with Gasteiger partial charge in [0.05, 0.1) is 6.61 Å². The summed E-state index contributed by atoms with van der Waals surface area (Å²) < 4.78 is 33.0. The molecule has 108 valence electrons. The molecule has 19 heavy (non-hydrogen) atoms. The molecule has 0 radical (unpaired) electrons. The van der Waals surface area contributed by atoms with Crippen molar-refractivity contribution in [3.05, 3.63) is 17.0 Å². The van der Waals surface area contributed by atoms with E-state index in [4.69, 9.17) is 4.74 Å². The van der Waals surface area contributed by atoms with Gasteiger partial charge in [-0.2, -0.15) is 0 Å². The lowest BCUT2D eigenvalue weighted by Gasteiger charge is -2.22. The zero-order valence-electron chi connectivity index (χ0n) is 11.6. The molecular formula is C13H21NO3S2. The van der Waals surface area contributed by atoms with Crippen LogP contribution in [0, 0.1) is 0 Å². The maximum absolute atomic E-state index is 12.3. The second-order valence-electron chi connectivity index (χ2n) is 5.90. The molecule has 0 aromatic carbocycles. The molecule has 0 saturated carbocycles. The molecule has 1 atom stereocenters. The highest BCUT2D eigenvalue weighted by atomic mass is 32.2. The summed E-state index contributed by atoms with van der Waals surface area (Å²) in [6.45, 7) is 7.44. The van der Waals surface area contributed by atoms with Crippen LogP contribution in [0.1, 0.15) is 38.5 Å². The van der Waals surface area contributed by atoms with Crippen molar-refractivity contribution >= 4 is 21.4 Å². The quantitative estimate of drug-likeness (QED) is 0.933. The summed E-state index contributed by atoms with van der Waals surface area (Å²) in [6.07, 6.45) is 1.75. The highest BCUT2D eigenvalue weighted by Gasteiger charge is 2.25. The third-order valence-corrected chi connectivity index (χ3v) is 6.59. The third-order valence-electron chi connectivity index (χ3n) is 3.07. The van der Waals surface area contributed by atoms with Crippen molar-refractivity contribution in [2.24, 2.45) is 0 Å². The Kier molecular flexibility index (Phi) is 4.35. The minimum atomic E-state index is -3.41. The maximum atomic E-state index is 12.3. The first kappa shape index (κ1) is 15.0. The second-order valence-corrected chi connectivity index (χ2v) is 8.93. The number of hydrogen-bond donors (Lipinski definition) is 1. The topological polar surface area (TPSA) is 55.4 Å². The third kappa shape index (κ3) is 3.78. The first-order valence-corrected chi connectivity index (χ1v) is 8.79. The fourth-order valence-corrected chi connectivity index (χ4v) is 4.61. The largest absolute Gasteiger partial charge is 0.380 e. The molecule has 1 aliphatic heterocycles. The van der Waals surface area contributed by atoms with E-state index in [1.807, 2.05) is 6.07 Å². The molecule has 0 unspecified atom stereocenters. The Morgan fingerprint density at radius 1 is 1.37 bits per heavy atom. The first-order valence-electron chi connectivity index (χ1n) is 6.49. The number of ether oxygens (including phenoxy) is 1. The smallest absolute Gasteiger partial charge is 0.250 e. The Hall–Kier alpha value is -0.430. The molecule has 0 amide bonds. The van der Waals surface area contributed by atoms with Crippen LogP contribution in [0.2, 0.25) is 0 Å². The molecule has 1 aromatic heterocycles. The highest BCUT2D eigenvalue weighted by Crippen LogP contribution is 2.31. The van der Waals surface area contributed by atoms with Crippen molar-refractivity contribution in [3.63, 3.8) is 0 Å². The zero-order chi connectivity index (χ0) is 14.1. The van der Waals surface area contributed by atoms with E-state index < -0.39 is 10.0 Å². The van der Waals surface area contributed by atoms with Gasteiger partial charge in [-0.3, -0.25) is 0 Å². The van der Waals surface area contributed by atoms with Gasteiger partial charge in [0.1, 0.15) is 4.21 Å². The predicted molar refractivity (Wildman–Crippen MR) is 77.2 cm³/mol. The van der Waals surface area contributed by atoms with Gasteiger partial charge in [-0.25, -0.2) is 13.1 Å². The van der Waals surface area contributed by atoms with Crippen LogP contribution >= 0.6 is 11.3 Å². The zero-order valence-corrected chi connectivity index (χ0v) is 13.2. The van der Waals surface area contributed by atoms with Crippen molar-refractivity contribution in [2.75, 3.05) is 13.2 Å². The van der Waals surface area contributed by atoms with E-state index in [1.54, 1.807) is 6.07 Å². The minimum Gasteiger partial charge on any atom is -0.380 e. The van der Waals surface area contributed by atoms with Gasteiger partial charge in [0, 0.05) is 17.5 Å². The molecule has 2 rings (SSSR count). The summed E-state index contributed by atoms with van der Waals surface area (Å²) in [5.74, 6) is 0. The summed E-state index contributed by atoms with van der Waals surface area (Å²) in [5.41, 5.74) is -0.0214. The molecule has 1 saturated heterocycles. The lowest BCUT2D eigenvalue weighted by Crippen LogP contribution is -2.40. The van der Waals surface area contributed by atoms with Crippen LogP contribution < -0.4 is 4.72 Å². The first-order chi connectivity index (χ1) is 8.79. The van der Waals surface area contributed by atoms with Crippen molar-refractivity contribution in [1.29, 1.82) is 0 Å². The van der Waals surface area contributed by atoms with Crippen LogP contribution in [0.5, 0.6) is 0 Å². The normalized spacial score (nSPS) is 21.5. The van der Waals surface area contributed by atoms with Crippen molar-refractivity contribution in [2.45, 2.75) is 49.3 Å². The van der Waals surface area contributed by atoms with Gasteiger partial charge < -0.3 is 4.74 Å². The highest BCUT2D eigenvalue weighted by molar-refractivity contribution is 7.91. The van der Waals surface area contributed by atoms with E-state index >= 15 is 0 Å². The van der Waals surface area contributed by atoms with Crippen molar-refractivity contribution in [1.82, 2.24) is 4.72 Å². The molecule has 0 bridgehead atoms. The number of thiophene rings is 1. The Morgan fingerprint density at radius 3 is 2.63 bits per heavy atom. The standard InChI is InChI=1S/C13H21NO3S2/c1-13(2,3)11-6-7-12(18-11)19(15,16)14-10-5-4-8-17-9-10/h6-7,10,14H,4-5,8-9H2,1-3H3/t10-/m1/s1. The van der Waals surface area contributed by atoms with E-state index in [-0.39, 0.29) is 11.5 Å². The molecule has 1 aliphatic rings. The molecule has 2 heterocycles. The molecule has 1 aromatic rings. The summed E-state index contributed by atoms with van der Waals surface area (Å²) in [5, 5.41) is 0. The van der Waals surface area contributed by atoms with Crippen molar-refractivity contribution < 1.29 is 13.2 Å². The SMILES string of the molecule is CC(C)(C)c1ccc(S(=O)(=O)N[C@@H]2CCCOC2)s1. The van der Waals surface area contributed by atoms with Gasteiger partial charge in [-0.05, 0) is 30.4 Å². The van der Waals surface area contributed by atoms with Crippen molar-refractivity contribution in [3.8, 4) is 0 Å². The molecule has 1 N–H and O–H groups in total. The fourth-order valence-electron chi connectivity index (χ4n) is 1.98. The summed E-state index contributed by atoms with van der Waals surface area (Å²) in [6, 6.07) is 3.49. The average molecular weight is 303 g/mol. The molecule has 4 nitrogen and oxygen atoms in total. The fraction of sp³-hybridized carbons (Fsp3) is 0.692. The number of nitrogens with one attached hydrogen (secondary N) is 1. The van der Waals surface area contributed by atoms with E-state index in [9.17, 15) is 8.42 Å². The lowest BCUT2D eigenvalue weighted by molar-refractivity contribution is 0.0774. The van der Waals surface area contributed by atoms with Crippen LogP contribution in [-0.4, -0.2) is 27.7 Å². The Bertz CT molecular complexity index is 522. The Labute approximate surface area is 119 Å². The average Bonchev–Trinajstić information content (AvgIpc) is 2.79. The van der Waals surface area contributed by atoms with Gasteiger partial charge in [-0.1, -0.05) is 20.8 Å². The predicted octanol–water partition coefficient (Wildman–Crippen LogP) is 2.50. The van der Waals surface area contributed by atoms with E-state index in [1.165, 1.54) is 11.3 Å². The van der Waals surface area contributed by atoms with Crippen LogP contribution in [0.25, 0.3) is 0 Å². The summed E-state index contributed by atoms with van der Waals surface area (Å²) in [4.78, 5) is 1.08. The summed E-state index contributed by atoms with van der Waals surface area (Å²) in [7, 11) is -3.41. The van der Waals surface area contributed by atoms with Gasteiger partial charge in [0.25, 0.3) is 0 Å². The summed E-state index contributed by atoms with van der Waals surface area (Å²) >= 11 is 1.34. The van der Waals surface area contributed by atoms with Crippen LogP contribution in [0.3, 0.4) is 0 Å². The van der Waals surface area contributed by atoms with Gasteiger partial charge >= 0.3 is 0 Å². The second kappa shape index (κ2) is 5.52. The number of hydrogen-bond acceptors (Lipinski definition) is 4. The Morgan fingerprint density at radius 2 is 2.11 bits per heavy atom. The molecule has 6 heteroatoms. The van der Waals surface area contributed by atoms with Gasteiger partial charge in [-0.15, -0.1) is 11.3 Å². The van der Waals surface area contributed by atoms with Crippen LogP contribution in [0.4, 0.5) is 0 Å². The van der Waals surface area contributed by atoms with Crippen LogP contribution in [-0.2, 0) is 20.2 Å². The number of rotatable bonds is 3. The minimum absolute atomic E-state index is 0.0214. The number of sulfonamides is 1. The van der Waals surface area contributed by atoms with E-state index in [0.717, 1.165) is 24.3 Å². The molecular weight excluding hydrogens is 282 g/mol. The van der Waals surface area contributed by atoms with E-state index in [2.05, 4.69) is 25.5 Å². The maximum Gasteiger partial charge on any atom is 0.250 e. The van der Waals surface area contributed by atoms with Crippen LogP contribution in [0.15, 0.2) is 16.3 Å².